The Labute approximate surface area is 118 Å². The minimum atomic E-state index is -0.818. The molecule has 3 N–H and O–H groups in total. The maximum absolute atomic E-state index is 10.6. The molecule has 0 saturated heterocycles. The molecule has 0 amide bonds. The minimum Gasteiger partial charge on any atom is -0.394 e. The molecule has 0 saturated carbocycles. The number of hydrogen-bond acceptors (Lipinski definition) is 7. The van der Waals surface area contributed by atoms with Gasteiger partial charge in [-0.1, -0.05) is 11.8 Å². The topological polar surface area (TPSA) is 125 Å². The molecule has 0 aliphatic heterocycles. The van der Waals surface area contributed by atoms with Gasteiger partial charge in [-0.05, 0) is 12.1 Å². The Morgan fingerprint density at radius 1 is 1.40 bits per heavy atom. The van der Waals surface area contributed by atoms with E-state index in [0.29, 0.717) is 16.5 Å². The molecule has 8 nitrogen and oxygen atoms in total. The number of rotatable bonds is 6. The largest absolute Gasteiger partial charge is 0.394 e. The van der Waals surface area contributed by atoms with E-state index in [-0.39, 0.29) is 18.0 Å². The number of aromatic nitrogens is 3. The molecule has 1 heterocycles. The molecule has 1 atom stereocenters. The molecule has 0 bridgehead atoms. The van der Waals surface area contributed by atoms with Crippen LogP contribution in [0.2, 0.25) is 0 Å². The van der Waals surface area contributed by atoms with Gasteiger partial charge in [-0.2, -0.15) is 0 Å². The Balaban J connectivity index is 2.06. The van der Waals surface area contributed by atoms with Crippen LogP contribution < -0.4 is 0 Å². The van der Waals surface area contributed by atoms with Gasteiger partial charge in [-0.15, -0.1) is 5.10 Å². The Kier molecular flexibility index (Phi) is 4.66. The van der Waals surface area contributed by atoms with Crippen molar-refractivity contribution in [1.82, 2.24) is 15.2 Å². The van der Waals surface area contributed by atoms with E-state index in [4.69, 9.17) is 5.11 Å². The van der Waals surface area contributed by atoms with Crippen LogP contribution in [0, 0.1) is 10.1 Å². The highest BCUT2D eigenvalue weighted by Gasteiger charge is 2.10. The van der Waals surface area contributed by atoms with Crippen molar-refractivity contribution in [3.8, 4) is 11.4 Å². The highest BCUT2D eigenvalue weighted by molar-refractivity contribution is 7.99. The number of benzene rings is 1. The number of aliphatic hydroxyl groups is 2. The van der Waals surface area contributed by atoms with E-state index in [1.165, 1.54) is 23.9 Å². The van der Waals surface area contributed by atoms with Crippen molar-refractivity contribution in [1.29, 1.82) is 0 Å². The maximum atomic E-state index is 10.6. The zero-order valence-corrected chi connectivity index (χ0v) is 11.1. The fourth-order valence-electron chi connectivity index (χ4n) is 1.40. The van der Waals surface area contributed by atoms with Crippen molar-refractivity contribution in [3.63, 3.8) is 0 Å². The summed E-state index contributed by atoms with van der Waals surface area (Å²) in [4.78, 5) is 14.3. The molecule has 0 fully saturated rings. The summed E-state index contributed by atoms with van der Waals surface area (Å²) in [5, 5.41) is 35.6. The zero-order valence-electron chi connectivity index (χ0n) is 10.3. The first-order chi connectivity index (χ1) is 9.60. The van der Waals surface area contributed by atoms with Gasteiger partial charge in [0, 0.05) is 23.4 Å². The maximum Gasteiger partial charge on any atom is 0.269 e. The summed E-state index contributed by atoms with van der Waals surface area (Å²) < 4.78 is 0. The van der Waals surface area contributed by atoms with Gasteiger partial charge in [0.25, 0.3) is 5.69 Å². The number of non-ortho nitro benzene ring substituents is 1. The van der Waals surface area contributed by atoms with Gasteiger partial charge in [0.2, 0.25) is 5.16 Å². The van der Waals surface area contributed by atoms with Gasteiger partial charge in [-0.25, -0.2) is 4.98 Å². The van der Waals surface area contributed by atoms with Gasteiger partial charge >= 0.3 is 0 Å². The van der Waals surface area contributed by atoms with Crippen LogP contribution in [0.4, 0.5) is 5.69 Å². The van der Waals surface area contributed by atoms with Crippen molar-refractivity contribution in [2.24, 2.45) is 0 Å². The number of nitro benzene ring substituents is 1. The van der Waals surface area contributed by atoms with Gasteiger partial charge < -0.3 is 10.2 Å². The lowest BCUT2D eigenvalue weighted by atomic mass is 10.2. The van der Waals surface area contributed by atoms with Crippen LogP contribution in [0.5, 0.6) is 0 Å². The van der Waals surface area contributed by atoms with Gasteiger partial charge in [-0.3, -0.25) is 15.2 Å². The fraction of sp³-hybridized carbons (Fsp3) is 0.273. The quantitative estimate of drug-likeness (QED) is 0.409. The molecule has 20 heavy (non-hydrogen) atoms. The van der Waals surface area contributed by atoms with Crippen molar-refractivity contribution >= 4 is 17.4 Å². The molecule has 2 rings (SSSR count). The van der Waals surface area contributed by atoms with Gasteiger partial charge in [0.1, 0.15) is 0 Å². The molecular weight excluding hydrogens is 284 g/mol. The van der Waals surface area contributed by atoms with Gasteiger partial charge in [0.15, 0.2) is 5.82 Å². The SMILES string of the molecule is O=[N+]([O-])c1ccc(-c2nc(SCC(O)CO)n[nH]2)cc1. The Hall–Kier alpha value is -1.97. The van der Waals surface area contributed by atoms with E-state index in [2.05, 4.69) is 15.2 Å². The predicted octanol–water partition coefficient (Wildman–Crippen LogP) is 0.825. The van der Waals surface area contributed by atoms with E-state index in [1.807, 2.05) is 0 Å². The second kappa shape index (κ2) is 6.46. The lowest BCUT2D eigenvalue weighted by molar-refractivity contribution is -0.384. The number of hydrogen-bond donors (Lipinski definition) is 3. The molecule has 0 spiro atoms. The summed E-state index contributed by atoms with van der Waals surface area (Å²) in [7, 11) is 0. The van der Waals surface area contributed by atoms with E-state index >= 15 is 0 Å². The summed E-state index contributed by atoms with van der Waals surface area (Å²) in [6.07, 6.45) is -0.818. The van der Waals surface area contributed by atoms with Crippen LogP contribution in [-0.4, -0.2) is 48.8 Å². The standard InChI is InChI=1S/C11H12N4O4S/c16-5-9(17)6-20-11-12-10(13-14-11)7-1-3-8(4-2-7)15(18)19/h1-4,9,16-17H,5-6H2,(H,12,13,14). The molecule has 9 heteroatoms. The highest BCUT2D eigenvalue weighted by atomic mass is 32.2. The first-order valence-corrected chi connectivity index (χ1v) is 6.67. The second-order valence-electron chi connectivity index (χ2n) is 3.92. The molecule has 106 valence electrons. The second-order valence-corrected chi connectivity index (χ2v) is 4.91. The van der Waals surface area contributed by atoms with E-state index in [9.17, 15) is 15.2 Å². The Morgan fingerprint density at radius 2 is 2.10 bits per heavy atom. The zero-order chi connectivity index (χ0) is 14.5. The van der Waals surface area contributed by atoms with Crippen LogP contribution in [0.25, 0.3) is 11.4 Å². The normalized spacial score (nSPS) is 12.3. The first-order valence-electron chi connectivity index (χ1n) is 5.69. The smallest absolute Gasteiger partial charge is 0.269 e. The summed E-state index contributed by atoms with van der Waals surface area (Å²) in [5.41, 5.74) is 0.687. The monoisotopic (exact) mass is 296 g/mol. The number of nitrogens with one attached hydrogen (secondary N) is 1. The number of aromatic amines is 1. The Morgan fingerprint density at radius 3 is 2.70 bits per heavy atom. The Bertz CT molecular complexity index is 586. The van der Waals surface area contributed by atoms with Crippen LogP contribution in [-0.2, 0) is 0 Å². The van der Waals surface area contributed by atoms with Crippen LogP contribution in [0.3, 0.4) is 0 Å². The number of aliphatic hydroxyl groups excluding tert-OH is 2. The fourth-order valence-corrected chi connectivity index (χ4v) is 2.12. The van der Waals surface area contributed by atoms with Crippen molar-refractivity contribution in [3.05, 3.63) is 34.4 Å². The summed E-state index contributed by atoms with van der Waals surface area (Å²) in [6, 6.07) is 5.94. The van der Waals surface area contributed by atoms with Crippen LogP contribution in [0.1, 0.15) is 0 Å². The minimum absolute atomic E-state index is 0.00827. The van der Waals surface area contributed by atoms with Gasteiger partial charge in [0.05, 0.1) is 17.6 Å². The summed E-state index contributed by atoms with van der Waals surface area (Å²) in [6.45, 7) is -0.313. The third-order valence-corrected chi connectivity index (χ3v) is 3.42. The molecule has 1 aromatic heterocycles. The molecule has 0 radical (unpaired) electrons. The number of nitrogens with zero attached hydrogens (tertiary/aromatic N) is 3. The van der Waals surface area contributed by atoms with Crippen LogP contribution >= 0.6 is 11.8 Å². The lowest BCUT2D eigenvalue weighted by Crippen LogP contribution is -2.14. The first kappa shape index (κ1) is 14.4. The summed E-state index contributed by atoms with van der Waals surface area (Å²) in [5.74, 6) is 0.773. The van der Waals surface area contributed by atoms with E-state index < -0.39 is 11.0 Å². The molecule has 1 aromatic carbocycles. The average Bonchev–Trinajstić information content (AvgIpc) is 2.93. The third-order valence-electron chi connectivity index (χ3n) is 2.43. The predicted molar refractivity (Wildman–Crippen MR) is 72.3 cm³/mol. The lowest BCUT2D eigenvalue weighted by Gasteiger charge is -2.02. The van der Waals surface area contributed by atoms with Crippen molar-refractivity contribution in [2.45, 2.75) is 11.3 Å². The molecule has 0 aliphatic carbocycles. The molecule has 2 aromatic rings. The van der Waals surface area contributed by atoms with Crippen molar-refractivity contribution < 1.29 is 15.1 Å². The van der Waals surface area contributed by atoms with Crippen molar-refractivity contribution in [2.75, 3.05) is 12.4 Å². The van der Waals surface area contributed by atoms with E-state index in [0.717, 1.165) is 0 Å². The third kappa shape index (κ3) is 3.53. The molecule has 1 unspecified atom stereocenters. The summed E-state index contributed by atoms with van der Waals surface area (Å²) >= 11 is 1.20. The molecular formula is C11H12N4O4S. The number of H-pyrrole nitrogens is 1. The van der Waals surface area contributed by atoms with E-state index in [1.54, 1.807) is 12.1 Å². The number of thioether (sulfide) groups is 1. The average molecular weight is 296 g/mol. The van der Waals surface area contributed by atoms with Crippen LogP contribution in [0.15, 0.2) is 29.4 Å². The number of nitro groups is 1. The molecule has 0 aliphatic rings. The highest BCUT2D eigenvalue weighted by Crippen LogP contribution is 2.21.